The molecule has 4 nitrogen and oxygen atoms in total. The number of hydrogen-bond acceptors (Lipinski definition) is 3. The van der Waals surface area contributed by atoms with Crippen LogP contribution in [0.4, 0.5) is 0 Å². The number of aromatic nitrogens is 3. The summed E-state index contributed by atoms with van der Waals surface area (Å²) in [5, 5.41) is 4.61. The van der Waals surface area contributed by atoms with E-state index in [0.717, 1.165) is 62.0 Å². The van der Waals surface area contributed by atoms with Crippen molar-refractivity contribution in [2.75, 3.05) is 0 Å². The first kappa shape index (κ1) is 35.8. The first-order valence-corrected chi connectivity index (χ1v) is 24.6. The number of para-hydroxylation sites is 1. The second-order valence-electron chi connectivity index (χ2n) is 14.6. The minimum absolute atomic E-state index is 0. The second-order valence-corrected chi connectivity index (χ2v) is 25.2. The van der Waals surface area contributed by atoms with Crippen molar-refractivity contribution in [1.29, 1.82) is 0 Å². The zero-order chi connectivity index (χ0) is 34.3. The van der Waals surface area contributed by atoms with Crippen LogP contribution in [0.25, 0.3) is 66.4 Å². The normalized spacial score (nSPS) is 11.8. The molecule has 0 atom stereocenters. The smallest absolute Gasteiger partial charge is 0.120 e. The SMILES string of the molecule is CC(C)Cc1cc(-c2[c-]cccc2)nc[c]1[Ge]([CH3])([CH3])[CH3].CC(C)n1c(-c2[c-]cc3oc4ccccc4c3c2)nc2c3ccccc3ccc21.[Ir]. The standard InChI is InChI=1S/C26H19N2O.C18H24GeN.Ir/c1-16(2)28-22-13-11-17-7-3-4-8-19(17)25(22)27-26(28)18-12-14-24-21(15-18)20-9-5-6-10-23(20)29-24;1-14(2)11-16-12-18(15-9-7-6-8-10-15)20-13-17(16)19(3,4)5;/h3-11,13-16H,1-2H3;6-9,12-14H,11H2,1-5H3;/q2*-1;. The topological polar surface area (TPSA) is 43.9 Å². The number of nitrogens with zero attached hydrogens (tertiary/aromatic N) is 3. The van der Waals surface area contributed by atoms with Crippen LogP contribution in [0.3, 0.4) is 0 Å². The van der Waals surface area contributed by atoms with Crippen LogP contribution in [0.2, 0.25) is 17.3 Å². The summed E-state index contributed by atoms with van der Waals surface area (Å²) >= 11 is -1.86. The zero-order valence-corrected chi connectivity index (χ0v) is 34.3. The molecule has 5 aromatic carbocycles. The van der Waals surface area contributed by atoms with E-state index in [4.69, 9.17) is 14.4 Å². The van der Waals surface area contributed by atoms with Crippen LogP contribution in [0, 0.1) is 18.1 Å². The van der Waals surface area contributed by atoms with Gasteiger partial charge in [-0.1, -0.05) is 53.9 Å². The average molecular weight is 895 g/mol. The molecule has 0 bridgehead atoms. The van der Waals surface area contributed by atoms with E-state index in [1.54, 1.807) is 4.40 Å². The Labute approximate surface area is 311 Å². The van der Waals surface area contributed by atoms with Gasteiger partial charge in [-0.3, -0.25) is 4.98 Å². The Hall–Kier alpha value is -4.03. The fourth-order valence-electron chi connectivity index (χ4n) is 6.82. The van der Waals surface area contributed by atoms with Crippen LogP contribution in [-0.2, 0) is 26.5 Å². The van der Waals surface area contributed by atoms with Gasteiger partial charge in [-0.2, -0.15) is 0 Å². The molecule has 0 N–H and O–H groups in total. The number of pyridine rings is 1. The Kier molecular flexibility index (Phi) is 10.5. The number of benzene rings is 5. The van der Waals surface area contributed by atoms with Crippen LogP contribution in [-0.4, -0.2) is 27.8 Å². The molecular formula is C44H43GeIrN3O-2. The van der Waals surface area contributed by atoms with Gasteiger partial charge in [0.25, 0.3) is 0 Å². The molecule has 0 aliphatic rings. The van der Waals surface area contributed by atoms with Gasteiger partial charge < -0.3 is 8.98 Å². The van der Waals surface area contributed by atoms with Gasteiger partial charge in [-0.15, -0.1) is 23.8 Å². The number of fused-ring (bicyclic) bond motifs is 6. The Morgan fingerprint density at radius 3 is 2.22 bits per heavy atom. The van der Waals surface area contributed by atoms with E-state index in [2.05, 4.69) is 129 Å². The molecule has 3 heterocycles. The predicted molar refractivity (Wildman–Crippen MR) is 209 cm³/mol. The summed E-state index contributed by atoms with van der Waals surface area (Å²) in [4.78, 5) is 9.80. The van der Waals surface area contributed by atoms with E-state index in [9.17, 15) is 0 Å². The summed E-state index contributed by atoms with van der Waals surface area (Å²) < 4.78 is 9.83. The summed E-state index contributed by atoms with van der Waals surface area (Å²) in [6.45, 7) is 8.97. The van der Waals surface area contributed by atoms with E-state index in [1.807, 2.05) is 42.5 Å². The molecule has 0 aliphatic heterocycles. The first-order chi connectivity index (χ1) is 23.6. The summed E-state index contributed by atoms with van der Waals surface area (Å²) in [6, 6.07) is 42.4. The zero-order valence-electron chi connectivity index (χ0n) is 29.8. The maximum absolute atomic E-state index is 5.98. The fourth-order valence-corrected chi connectivity index (χ4v) is 10.2. The van der Waals surface area contributed by atoms with Crippen LogP contribution in [0.5, 0.6) is 0 Å². The van der Waals surface area contributed by atoms with Crippen molar-refractivity contribution in [1.82, 2.24) is 14.5 Å². The van der Waals surface area contributed by atoms with Gasteiger partial charge in [0, 0.05) is 36.9 Å². The largest absolute Gasteiger partial charge is 0.500 e. The summed E-state index contributed by atoms with van der Waals surface area (Å²) in [6.07, 6.45) is 3.27. The third-order valence-electron chi connectivity index (χ3n) is 9.06. The summed E-state index contributed by atoms with van der Waals surface area (Å²) in [5.74, 6) is 8.94. The maximum Gasteiger partial charge on any atom is 0.120 e. The van der Waals surface area contributed by atoms with Crippen LogP contribution in [0.15, 0.2) is 114 Å². The number of hydrogen-bond donors (Lipinski definition) is 0. The molecule has 0 fully saturated rings. The van der Waals surface area contributed by atoms with Crippen molar-refractivity contribution in [2.24, 2.45) is 5.92 Å². The van der Waals surface area contributed by atoms with Crippen molar-refractivity contribution in [2.45, 2.75) is 57.4 Å². The third kappa shape index (κ3) is 7.10. The minimum Gasteiger partial charge on any atom is -0.500 e. The van der Waals surface area contributed by atoms with Gasteiger partial charge in [0.15, 0.2) is 0 Å². The summed E-state index contributed by atoms with van der Waals surface area (Å²) in [7, 11) is 0. The molecule has 8 aromatic rings. The number of furan rings is 1. The Balaban J connectivity index is 0.000000182. The minimum atomic E-state index is -1.86. The van der Waals surface area contributed by atoms with E-state index < -0.39 is 13.3 Å². The predicted octanol–water partition coefficient (Wildman–Crippen LogP) is 11.4. The van der Waals surface area contributed by atoms with Crippen molar-refractivity contribution < 1.29 is 24.5 Å². The van der Waals surface area contributed by atoms with E-state index in [1.165, 1.54) is 16.3 Å². The van der Waals surface area contributed by atoms with Gasteiger partial charge >= 0.3 is 126 Å². The third-order valence-corrected chi connectivity index (χ3v) is 13.4. The molecule has 0 spiro atoms. The van der Waals surface area contributed by atoms with Crippen molar-refractivity contribution in [3.63, 3.8) is 0 Å². The molecule has 0 saturated heterocycles. The number of rotatable bonds is 6. The molecule has 0 unspecified atom stereocenters. The van der Waals surface area contributed by atoms with Gasteiger partial charge in [0.1, 0.15) is 5.58 Å². The Morgan fingerprint density at radius 2 is 1.50 bits per heavy atom. The average Bonchev–Trinajstić information content (AvgIpc) is 3.67. The first-order valence-electron chi connectivity index (χ1n) is 17.3. The van der Waals surface area contributed by atoms with E-state index in [0.29, 0.717) is 5.92 Å². The molecule has 50 heavy (non-hydrogen) atoms. The maximum atomic E-state index is 5.98. The Bertz CT molecular complexity index is 2420. The van der Waals surface area contributed by atoms with Gasteiger partial charge in [0.05, 0.1) is 22.4 Å². The van der Waals surface area contributed by atoms with Crippen molar-refractivity contribution in [3.8, 4) is 22.6 Å². The monoisotopic (exact) mass is 896 g/mol. The van der Waals surface area contributed by atoms with Crippen LogP contribution in [0.1, 0.15) is 39.3 Å². The summed E-state index contributed by atoms with van der Waals surface area (Å²) in [5.41, 5.74) is 8.57. The molecule has 6 heteroatoms. The van der Waals surface area contributed by atoms with Crippen molar-refractivity contribution >= 4 is 61.4 Å². The van der Waals surface area contributed by atoms with Crippen LogP contribution >= 0.6 is 0 Å². The molecular weight excluding hydrogens is 851 g/mol. The second kappa shape index (κ2) is 14.7. The molecule has 0 saturated carbocycles. The van der Waals surface area contributed by atoms with Gasteiger partial charge in [0.2, 0.25) is 0 Å². The molecule has 255 valence electrons. The molecule has 0 amide bonds. The van der Waals surface area contributed by atoms with E-state index >= 15 is 0 Å². The molecule has 1 radical (unpaired) electrons. The number of imidazole rings is 1. The molecule has 0 aliphatic carbocycles. The van der Waals surface area contributed by atoms with E-state index in [-0.39, 0.29) is 26.1 Å². The van der Waals surface area contributed by atoms with Gasteiger partial charge in [-0.25, -0.2) is 0 Å². The van der Waals surface area contributed by atoms with Crippen molar-refractivity contribution in [3.05, 3.63) is 127 Å². The Morgan fingerprint density at radius 1 is 0.760 bits per heavy atom. The van der Waals surface area contributed by atoms with Crippen LogP contribution < -0.4 is 4.40 Å². The van der Waals surface area contributed by atoms with Gasteiger partial charge in [-0.05, 0) is 31.4 Å². The quantitative estimate of drug-likeness (QED) is 0.123. The molecule has 3 aromatic heterocycles. The fraction of sp³-hybridized carbons (Fsp3) is 0.227. The molecule has 8 rings (SSSR count).